The molecule has 1 aromatic carbocycles. The maximum Gasteiger partial charge on any atom is 0.166 e. The van der Waals surface area contributed by atoms with Crippen LogP contribution in [0.2, 0.25) is 0 Å². The lowest BCUT2D eigenvalue weighted by Gasteiger charge is -2.35. The molecule has 0 saturated heterocycles. The average molecular weight is 405 g/mol. The molecule has 1 aliphatic carbocycles. The Morgan fingerprint density at radius 2 is 2.40 bits per heavy atom. The molecule has 2 aliphatic heterocycles. The van der Waals surface area contributed by atoms with E-state index >= 15 is 0 Å². The van der Waals surface area contributed by atoms with Gasteiger partial charge in [-0.15, -0.1) is 0 Å². The summed E-state index contributed by atoms with van der Waals surface area (Å²) in [6, 6.07) is 4.21. The van der Waals surface area contributed by atoms with Crippen molar-refractivity contribution in [2.45, 2.75) is 43.4 Å². The topological polar surface area (TPSA) is 65.7 Å². The van der Waals surface area contributed by atoms with Crippen LogP contribution in [0.1, 0.15) is 30.4 Å². The van der Waals surface area contributed by atoms with Gasteiger partial charge in [-0.1, -0.05) is 28.1 Å². The van der Waals surface area contributed by atoms with Gasteiger partial charge in [-0.05, 0) is 24.6 Å². The quantitative estimate of drug-likeness (QED) is 0.784. The lowest BCUT2D eigenvalue weighted by atomic mass is 9.69. The first-order valence-electron chi connectivity index (χ1n) is 8.62. The van der Waals surface area contributed by atoms with Gasteiger partial charge in [-0.25, -0.2) is 0 Å². The Bertz CT molecular complexity index is 773. The van der Waals surface area contributed by atoms with Gasteiger partial charge in [0.05, 0.1) is 24.7 Å². The largest absolute Gasteiger partial charge is 0.493 e. The summed E-state index contributed by atoms with van der Waals surface area (Å²) in [4.78, 5) is 2.33. The molecule has 6 heteroatoms. The molecule has 3 atom stereocenters. The van der Waals surface area contributed by atoms with Crippen LogP contribution in [0.5, 0.6) is 11.5 Å². The fourth-order valence-electron chi connectivity index (χ4n) is 4.42. The van der Waals surface area contributed by atoms with Gasteiger partial charge in [-0.2, -0.15) is 5.26 Å². The highest BCUT2D eigenvalue weighted by Crippen LogP contribution is 2.57. The summed E-state index contributed by atoms with van der Waals surface area (Å²) >= 11 is 3.72. The Balaban J connectivity index is 1.87. The summed E-state index contributed by atoms with van der Waals surface area (Å²) in [7, 11) is 1.66. The molecular formula is C19H21BrN2O3. The zero-order valence-corrected chi connectivity index (χ0v) is 15.8. The molecule has 2 heterocycles. The van der Waals surface area contributed by atoms with Crippen LogP contribution in [0, 0.1) is 11.3 Å². The van der Waals surface area contributed by atoms with Crippen LogP contribution in [-0.2, 0) is 12.0 Å². The molecule has 3 aliphatic rings. The minimum absolute atomic E-state index is 0.0830. The third kappa shape index (κ3) is 2.57. The fourth-order valence-corrected chi connectivity index (χ4v) is 4.95. The maximum absolute atomic E-state index is 10.1. The van der Waals surface area contributed by atoms with E-state index in [-0.39, 0.29) is 11.5 Å². The molecule has 132 valence electrons. The van der Waals surface area contributed by atoms with Gasteiger partial charge in [0.2, 0.25) is 0 Å². The van der Waals surface area contributed by atoms with Crippen molar-refractivity contribution < 1.29 is 14.6 Å². The molecule has 0 bridgehead atoms. The fraction of sp³-hybridized carbons (Fsp3) is 0.526. The molecule has 1 aromatic rings. The second-order valence-corrected chi connectivity index (χ2v) is 7.84. The molecule has 4 rings (SSSR count). The first kappa shape index (κ1) is 16.9. The number of nitriles is 1. The van der Waals surface area contributed by atoms with Crippen molar-refractivity contribution in [1.29, 1.82) is 5.26 Å². The van der Waals surface area contributed by atoms with Crippen molar-refractivity contribution in [3.63, 3.8) is 0 Å². The molecule has 0 fully saturated rings. The van der Waals surface area contributed by atoms with E-state index in [1.54, 1.807) is 7.11 Å². The Hall–Kier alpha value is -1.55. The molecule has 0 radical (unpaired) electrons. The summed E-state index contributed by atoms with van der Waals surface area (Å²) in [5.74, 6) is 1.54. The van der Waals surface area contributed by atoms with Crippen LogP contribution in [0.15, 0.2) is 22.7 Å². The van der Waals surface area contributed by atoms with Crippen LogP contribution < -0.4 is 9.47 Å². The molecule has 0 amide bonds. The maximum atomic E-state index is 10.1. The number of hydrogen-bond donors (Lipinski definition) is 1. The highest BCUT2D eigenvalue weighted by Gasteiger charge is 2.53. The molecule has 0 saturated carbocycles. The van der Waals surface area contributed by atoms with E-state index < -0.39 is 6.10 Å². The number of benzene rings is 1. The summed E-state index contributed by atoms with van der Waals surface area (Å²) < 4.78 is 12.9. The van der Waals surface area contributed by atoms with Gasteiger partial charge in [0.1, 0.15) is 6.10 Å². The van der Waals surface area contributed by atoms with Gasteiger partial charge >= 0.3 is 0 Å². The first-order valence-corrected chi connectivity index (χ1v) is 9.41. The Morgan fingerprint density at radius 3 is 3.16 bits per heavy atom. The predicted molar refractivity (Wildman–Crippen MR) is 96.7 cm³/mol. The summed E-state index contributed by atoms with van der Waals surface area (Å²) in [5.41, 5.74) is 2.16. The summed E-state index contributed by atoms with van der Waals surface area (Å²) in [5, 5.41) is 19.0. The lowest BCUT2D eigenvalue weighted by Crippen LogP contribution is -2.43. The highest BCUT2D eigenvalue weighted by molar-refractivity contribution is 9.10. The van der Waals surface area contributed by atoms with Crippen LogP contribution in [0.4, 0.5) is 0 Å². The predicted octanol–water partition coefficient (Wildman–Crippen LogP) is 2.90. The second-order valence-electron chi connectivity index (χ2n) is 6.99. The van der Waals surface area contributed by atoms with Gasteiger partial charge in [0.25, 0.3) is 0 Å². The van der Waals surface area contributed by atoms with Crippen molar-refractivity contribution in [3.8, 4) is 17.6 Å². The standard InChI is InChI=1S/C19H21BrN2O3/c1-24-15-10-14(20)13-11-22(7-2-6-21)8-5-19-4-3-12(23)9-16(19)25-18(15)17(13)19/h3-4,10,12,16,23H,2,5,7-9,11H2,1H3/t12?,16-,19?/m0/s1. The van der Waals surface area contributed by atoms with E-state index in [1.807, 2.05) is 12.1 Å². The number of nitrogens with zero attached hydrogens (tertiary/aromatic N) is 2. The molecule has 5 nitrogen and oxygen atoms in total. The minimum atomic E-state index is -0.472. The highest BCUT2D eigenvalue weighted by atomic mass is 79.9. The third-order valence-corrected chi connectivity index (χ3v) is 6.36. The second kappa shape index (κ2) is 6.31. The number of hydrogen-bond acceptors (Lipinski definition) is 5. The number of aliphatic hydroxyl groups is 1. The minimum Gasteiger partial charge on any atom is -0.493 e. The van der Waals surface area contributed by atoms with E-state index in [4.69, 9.17) is 14.7 Å². The molecule has 1 spiro atoms. The van der Waals surface area contributed by atoms with Crippen LogP contribution in [-0.4, -0.2) is 42.4 Å². The smallest absolute Gasteiger partial charge is 0.166 e. The Morgan fingerprint density at radius 1 is 1.56 bits per heavy atom. The van der Waals surface area contributed by atoms with Gasteiger partial charge < -0.3 is 14.6 Å². The van der Waals surface area contributed by atoms with Crippen LogP contribution in [0.25, 0.3) is 0 Å². The molecule has 1 N–H and O–H groups in total. The number of methoxy groups -OCH3 is 1. The van der Waals surface area contributed by atoms with Gasteiger partial charge in [0.15, 0.2) is 11.5 Å². The van der Waals surface area contributed by atoms with Crippen molar-refractivity contribution in [3.05, 3.63) is 33.8 Å². The molecule has 2 unspecified atom stereocenters. The van der Waals surface area contributed by atoms with E-state index in [2.05, 4.69) is 33.0 Å². The van der Waals surface area contributed by atoms with Crippen molar-refractivity contribution >= 4 is 15.9 Å². The number of aliphatic hydroxyl groups excluding tert-OH is 1. The van der Waals surface area contributed by atoms with Crippen molar-refractivity contribution in [2.75, 3.05) is 20.2 Å². The lowest BCUT2D eigenvalue weighted by molar-refractivity contribution is 0.0811. The Kier molecular flexibility index (Phi) is 4.27. The third-order valence-electron chi connectivity index (χ3n) is 5.65. The molecule has 25 heavy (non-hydrogen) atoms. The number of rotatable bonds is 3. The monoisotopic (exact) mass is 404 g/mol. The number of ether oxygens (including phenoxy) is 2. The summed E-state index contributed by atoms with van der Waals surface area (Å²) in [6.07, 6.45) is 5.51. The zero-order chi connectivity index (χ0) is 17.6. The zero-order valence-electron chi connectivity index (χ0n) is 14.2. The van der Waals surface area contributed by atoms with Crippen LogP contribution in [0.3, 0.4) is 0 Å². The Labute approximate surface area is 156 Å². The average Bonchev–Trinajstić information content (AvgIpc) is 2.83. The van der Waals surface area contributed by atoms with Gasteiger partial charge in [0, 0.05) is 36.0 Å². The molecule has 0 aromatic heterocycles. The number of halogens is 1. The van der Waals surface area contributed by atoms with Crippen molar-refractivity contribution in [1.82, 2.24) is 4.90 Å². The first-order chi connectivity index (χ1) is 12.1. The van der Waals surface area contributed by atoms with Gasteiger partial charge in [-0.3, -0.25) is 4.90 Å². The molecular weight excluding hydrogens is 384 g/mol. The van der Waals surface area contributed by atoms with Crippen LogP contribution >= 0.6 is 15.9 Å². The SMILES string of the molecule is COc1cc(Br)c2c3c1O[C@H]1CC(O)C=CC31CCN(CCC#N)C2. The normalized spacial score (nSPS) is 30.0. The van der Waals surface area contributed by atoms with E-state index in [1.165, 1.54) is 11.1 Å². The van der Waals surface area contributed by atoms with Crippen molar-refractivity contribution in [2.24, 2.45) is 0 Å². The van der Waals surface area contributed by atoms with E-state index in [9.17, 15) is 5.11 Å². The van der Waals surface area contributed by atoms with E-state index in [0.29, 0.717) is 12.8 Å². The van der Waals surface area contributed by atoms with E-state index in [0.717, 1.165) is 42.0 Å². The summed E-state index contributed by atoms with van der Waals surface area (Å²) in [6.45, 7) is 2.44.